The number of amides is 1. The van der Waals surface area contributed by atoms with Crippen molar-refractivity contribution in [2.24, 2.45) is 0 Å². The molecule has 1 aliphatic rings. The third-order valence-electron chi connectivity index (χ3n) is 2.63. The van der Waals surface area contributed by atoms with Crippen LogP contribution >= 0.6 is 0 Å². The maximum absolute atomic E-state index is 11.5. The molecule has 4 heteroatoms. The minimum atomic E-state index is 0.116. The predicted molar refractivity (Wildman–Crippen MR) is 59.7 cm³/mol. The minimum absolute atomic E-state index is 0.116. The number of hydrogen-bond acceptors (Lipinski definition) is 3. The Bertz CT molecular complexity index is 207. The number of ether oxygens (including phenoxy) is 1. The van der Waals surface area contributed by atoms with Crippen LogP contribution in [0.25, 0.3) is 0 Å². The molecule has 1 rings (SSSR count). The van der Waals surface area contributed by atoms with Crippen LogP contribution in [0.3, 0.4) is 0 Å². The van der Waals surface area contributed by atoms with Crippen LogP contribution in [0.15, 0.2) is 0 Å². The van der Waals surface area contributed by atoms with Crippen LogP contribution in [0.4, 0.5) is 0 Å². The minimum Gasteiger partial charge on any atom is -0.376 e. The number of nitrogens with one attached hydrogen (secondary N) is 2. The van der Waals surface area contributed by atoms with Crippen molar-refractivity contribution in [3.05, 3.63) is 0 Å². The van der Waals surface area contributed by atoms with Crippen LogP contribution in [-0.2, 0) is 9.53 Å². The van der Waals surface area contributed by atoms with Crippen molar-refractivity contribution in [2.45, 2.75) is 51.8 Å². The van der Waals surface area contributed by atoms with Gasteiger partial charge < -0.3 is 15.4 Å². The Morgan fingerprint density at radius 3 is 2.80 bits per heavy atom. The number of carbonyl (C=O) groups excluding carboxylic acids is 1. The normalized spacial score (nSPS) is 25.9. The molecule has 2 N–H and O–H groups in total. The van der Waals surface area contributed by atoms with Crippen molar-refractivity contribution < 1.29 is 9.53 Å². The molecule has 0 saturated carbocycles. The summed E-state index contributed by atoms with van der Waals surface area (Å²) in [6.07, 6.45) is 1.64. The molecule has 88 valence electrons. The fraction of sp³-hybridized carbons (Fsp3) is 0.909. The topological polar surface area (TPSA) is 50.4 Å². The third kappa shape index (κ3) is 4.62. The summed E-state index contributed by atoms with van der Waals surface area (Å²) in [4.78, 5) is 11.5. The fourth-order valence-electron chi connectivity index (χ4n) is 1.67. The maximum Gasteiger partial charge on any atom is 0.221 e. The lowest BCUT2D eigenvalue weighted by atomic mass is 10.1. The largest absolute Gasteiger partial charge is 0.376 e. The molecule has 1 heterocycles. The van der Waals surface area contributed by atoms with Gasteiger partial charge in [-0.3, -0.25) is 4.79 Å². The lowest BCUT2D eigenvalue weighted by molar-refractivity contribution is -0.122. The van der Waals surface area contributed by atoms with Gasteiger partial charge in [0.2, 0.25) is 5.91 Å². The molecule has 4 nitrogen and oxygen atoms in total. The highest BCUT2D eigenvalue weighted by atomic mass is 16.5. The van der Waals surface area contributed by atoms with E-state index in [1.165, 1.54) is 0 Å². The van der Waals surface area contributed by atoms with Crippen molar-refractivity contribution in [3.63, 3.8) is 0 Å². The molecule has 0 radical (unpaired) electrons. The second-order valence-electron chi connectivity index (χ2n) is 4.40. The first-order chi connectivity index (χ1) is 7.09. The smallest absolute Gasteiger partial charge is 0.221 e. The SMILES string of the molecule is CC(C)NCCC(=O)NC1CCOC1C. The summed E-state index contributed by atoms with van der Waals surface area (Å²) >= 11 is 0. The Labute approximate surface area is 91.8 Å². The molecule has 2 atom stereocenters. The van der Waals surface area contributed by atoms with Crippen molar-refractivity contribution in [3.8, 4) is 0 Å². The molecule has 1 aliphatic heterocycles. The molecule has 0 aromatic carbocycles. The molecular formula is C11H22N2O2. The fourth-order valence-corrected chi connectivity index (χ4v) is 1.67. The maximum atomic E-state index is 11.5. The first kappa shape index (κ1) is 12.5. The van der Waals surface area contributed by atoms with E-state index in [0.29, 0.717) is 12.5 Å². The van der Waals surface area contributed by atoms with Gasteiger partial charge in [-0.1, -0.05) is 13.8 Å². The van der Waals surface area contributed by atoms with E-state index in [-0.39, 0.29) is 18.1 Å². The predicted octanol–water partition coefficient (Wildman–Crippen LogP) is 0.668. The third-order valence-corrected chi connectivity index (χ3v) is 2.63. The van der Waals surface area contributed by atoms with Gasteiger partial charge in [-0.15, -0.1) is 0 Å². The molecule has 0 aliphatic carbocycles. The van der Waals surface area contributed by atoms with Gasteiger partial charge in [-0.25, -0.2) is 0 Å². The van der Waals surface area contributed by atoms with Gasteiger partial charge in [0.15, 0.2) is 0 Å². The molecule has 1 amide bonds. The van der Waals surface area contributed by atoms with E-state index >= 15 is 0 Å². The van der Waals surface area contributed by atoms with Gasteiger partial charge in [0.25, 0.3) is 0 Å². The highest BCUT2D eigenvalue weighted by Gasteiger charge is 2.25. The second kappa shape index (κ2) is 6.08. The summed E-state index contributed by atoms with van der Waals surface area (Å²) in [5, 5.41) is 6.22. The highest BCUT2D eigenvalue weighted by molar-refractivity contribution is 5.76. The summed E-state index contributed by atoms with van der Waals surface area (Å²) in [5.41, 5.74) is 0. The van der Waals surface area contributed by atoms with Crippen LogP contribution in [0.5, 0.6) is 0 Å². The van der Waals surface area contributed by atoms with Gasteiger partial charge >= 0.3 is 0 Å². The lowest BCUT2D eigenvalue weighted by Crippen LogP contribution is -2.40. The monoisotopic (exact) mass is 214 g/mol. The van der Waals surface area contributed by atoms with Gasteiger partial charge in [0, 0.05) is 25.6 Å². The summed E-state index contributed by atoms with van der Waals surface area (Å²) in [6, 6.07) is 0.642. The van der Waals surface area contributed by atoms with Crippen LogP contribution in [0.2, 0.25) is 0 Å². The number of hydrogen-bond donors (Lipinski definition) is 2. The van der Waals surface area contributed by atoms with E-state index in [0.717, 1.165) is 19.6 Å². The number of rotatable bonds is 5. The standard InChI is InChI=1S/C11H22N2O2/c1-8(2)12-6-4-11(14)13-10-5-7-15-9(10)3/h8-10,12H,4-7H2,1-3H3,(H,13,14). The van der Waals surface area contributed by atoms with Crippen molar-refractivity contribution in [1.29, 1.82) is 0 Å². The van der Waals surface area contributed by atoms with E-state index in [1.807, 2.05) is 6.92 Å². The lowest BCUT2D eigenvalue weighted by Gasteiger charge is -2.16. The Morgan fingerprint density at radius 1 is 1.53 bits per heavy atom. The first-order valence-electron chi connectivity index (χ1n) is 5.74. The molecular weight excluding hydrogens is 192 g/mol. The Balaban J connectivity index is 2.12. The van der Waals surface area contributed by atoms with Crippen LogP contribution in [0.1, 0.15) is 33.6 Å². The molecule has 0 bridgehead atoms. The average molecular weight is 214 g/mol. The highest BCUT2D eigenvalue weighted by Crippen LogP contribution is 2.12. The van der Waals surface area contributed by atoms with E-state index < -0.39 is 0 Å². The summed E-state index contributed by atoms with van der Waals surface area (Å²) in [7, 11) is 0. The Kier molecular flexibility index (Phi) is 5.05. The van der Waals surface area contributed by atoms with E-state index in [4.69, 9.17) is 4.74 Å². The van der Waals surface area contributed by atoms with Crippen LogP contribution < -0.4 is 10.6 Å². The molecule has 0 aromatic rings. The zero-order valence-corrected chi connectivity index (χ0v) is 9.88. The first-order valence-corrected chi connectivity index (χ1v) is 5.74. The van der Waals surface area contributed by atoms with Crippen LogP contribution in [-0.4, -0.2) is 37.2 Å². The van der Waals surface area contributed by atoms with Crippen molar-refractivity contribution in [1.82, 2.24) is 10.6 Å². The molecule has 1 fully saturated rings. The molecule has 0 spiro atoms. The summed E-state index contributed by atoms with van der Waals surface area (Å²) < 4.78 is 5.38. The Morgan fingerprint density at radius 2 is 2.27 bits per heavy atom. The zero-order valence-electron chi connectivity index (χ0n) is 9.88. The van der Waals surface area contributed by atoms with E-state index in [2.05, 4.69) is 24.5 Å². The van der Waals surface area contributed by atoms with Gasteiger partial charge in [-0.2, -0.15) is 0 Å². The van der Waals surface area contributed by atoms with Gasteiger partial charge in [0.1, 0.15) is 0 Å². The second-order valence-corrected chi connectivity index (χ2v) is 4.40. The van der Waals surface area contributed by atoms with Crippen molar-refractivity contribution in [2.75, 3.05) is 13.2 Å². The Hall–Kier alpha value is -0.610. The molecule has 15 heavy (non-hydrogen) atoms. The zero-order chi connectivity index (χ0) is 11.3. The quantitative estimate of drug-likeness (QED) is 0.707. The molecule has 2 unspecified atom stereocenters. The van der Waals surface area contributed by atoms with Gasteiger partial charge in [0.05, 0.1) is 12.1 Å². The van der Waals surface area contributed by atoms with Crippen molar-refractivity contribution >= 4 is 5.91 Å². The van der Waals surface area contributed by atoms with E-state index in [9.17, 15) is 4.79 Å². The van der Waals surface area contributed by atoms with E-state index in [1.54, 1.807) is 0 Å². The number of carbonyl (C=O) groups is 1. The molecule has 0 aromatic heterocycles. The van der Waals surface area contributed by atoms with Gasteiger partial charge in [-0.05, 0) is 13.3 Å². The average Bonchev–Trinajstić information content (AvgIpc) is 2.51. The van der Waals surface area contributed by atoms with Crippen LogP contribution in [0, 0.1) is 0 Å². The summed E-state index contributed by atoms with van der Waals surface area (Å²) in [5.74, 6) is 0.116. The molecule has 1 saturated heterocycles. The summed E-state index contributed by atoms with van der Waals surface area (Å²) in [6.45, 7) is 7.65.